The van der Waals surface area contributed by atoms with Gasteiger partial charge in [0.1, 0.15) is 0 Å². The van der Waals surface area contributed by atoms with Crippen LogP contribution in [0, 0.1) is 0 Å². The minimum atomic E-state index is -1.95. The quantitative estimate of drug-likeness (QED) is 0.535. The van der Waals surface area contributed by atoms with E-state index in [4.69, 9.17) is 4.98 Å². The van der Waals surface area contributed by atoms with Crippen molar-refractivity contribution in [1.82, 2.24) is 0 Å². The molecule has 32 heavy (non-hydrogen) atoms. The molecule has 0 saturated carbocycles. The van der Waals surface area contributed by atoms with Crippen LogP contribution in [-0.4, -0.2) is 13.8 Å². The van der Waals surface area contributed by atoms with Crippen molar-refractivity contribution in [3.05, 3.63) is 63.6 Å². The maximum absolute atomic E-state index is 5.44. The summed E-state index contributed by atoms with van der Waals surface area (Å²) in [7, 11) is -1.95. The second kappa shape index (κ2) is 10.3. The molecule has 0 saturated heterocycles. The summed E-state index contributed by atoms with van der Waals surface area (Å²) in [5, 5.41) is 0. The monoisotopic (exact) mass is 524 g/mol. The Bertz CT molecular complexity index is 871. The van der Waals surface area contributed by atoms with Crippen LogP contribution < -0.4 is 24.8 Å². The number of rotatable bonds is 2. The van der Waals surface area contributed by atoms with Gasteiger partial charge in [0.2, 0.25) is 0 Å². The van der Waals surface area contributed by atoms with E-state index in [9.17, 15) is 0 Å². The maximum Gasteiger partial charge on any atom is 3.00 e. The fourth-order valence-corrected chi connectivity index (χ4v) is 8.74. The molecule has 2 aromatic carbocycles. The van der Waals surface area contributed by atoms with E-state index in [2.05, 4.69) is 112 Å². The van der Waals surface area contributed by atoms with Gasteiger partial charge in [-0.05, 0) is 58.0 Å². The van der Waals surface area contributed by atoms with Crippen LogP contribution in [-0.2, 0) is 32.5 Å². The van der Waals surface area contributed by atoms with Crippen LogP contribution in [0.4, 0.5) is 0 Å². The molecule has 0 atom stereocenters. The summed E-state index contributed by atoms with van der Waals surface area (Å²) >= 11 is 0. The first-order valence-corrected chi connectivity index (χ1v) is 14.1. The van der Waals surface area contributed by atoms with Crippen molar-refractivity contribution < 1.29 is 46.5 Å². The summed E-state index contributed by atoms with van der Waals surface area (Å²) < 4.78 is 0. The Labute approximate surface area is 225 Å². The molecule has 0 fully saturated rings. The first-order valence-electron chi connectivity index (χ1n) is 11.0. The molecule has 0 aliphatic heterocycles. The van der Waals surface area contributed by atoms with Crippen molar-refractivity contribution in [2.75, 3.05) is 0 Å². The number of benzene rings is 2. The molecule has 0 bridgehead atoms. The van der Waals surface area contributed by atoms with Gasteiger partial charge in [0.05, 0.1) is 0 Å². The van der Waals surface area contributed by atoms with Crippen LogP contribution in [0.3, 0.4) is 0 Å². The Morgan fingerprint density at radius 3 is 1.28 bits per heavy atom. The Balaban J connectivity index is 0.00000320. The third-order valence-corrected chi connectivity index (χ3v) is 9.36. The van der Waals surface area contributed by atoms with Gasteiger partial charge >= 0.3 is 21.7 Å². The van der Waals surface area contributed by atoms with E-state index in [-0.39, 0.29) is 62.9 Å². The number of hydrogen-bond donors (Lipinski definition) is 0. The summed E-state index contributed by atoms with van der Waals surface area (Å²) in [6.45, 7) is 25.5. The second-order valence-electron chi connectivity index (χ2n) is 12.5. The van der Waals surface area contributed by atoms with Crippen LogP contribution in [0.1, 0.15) is 90.1 Å². The topological polar surface area (TPSA) is 14.1 Å². The second-order valence-corrected chi connectivity index (χ2v) is 16.6. The molecule has 0 unspecified atom stereocenters. The van der Waals surface area contributed by atoms with Gasteiger partial charge in [-0.2, -0.15) is 0 Å². The fraction of sp³-hybridized carbons (Fsp3) is 0.556. The molecule has 3 rings (SSSR count). The van der Waals surface area contributed by atoms with Crippen molar-refractivity contribution in [3.63, 3.8) is 0 Å². The summed E-state index contributed by atoms with van der Waals surface area (Å²) in [4.78, 5) is 5.44. The predicted molar refractivity (Wildman–Crippen MR) is 132 cm³/mol. The molecule has 0 spiro atoms. The Hall–Kier alpha value is -0.0888. The molecule has 0 heterocycles. The van der Waals surface area contributed by atoms with Gasteiger partial charge in [0.25, 0.3) is 0 Å². The van der Waals surface area contributed by atoms with Crippen molar-refractivity contribution in [3.8, 4) is 11.1 Å². The van der Waals surface area contributed by atoms with E-state index < -0.39 is 8.24 Å². The van der Waals surface area contributed by atoms with Crippen molar-refractivity contribution in [2.24, 2.45) is 0 Å². The van der Waals surface area contributed by atoms with Crippen LogP contribution >= 0.6 is 0 Å². The molecule has 1 nitrogen and oxygen atoms in total. The number of nitrogens with zero attached hydrogens (tertiary/aromatic N) is 1. The average Bonchev–Trinajstić information content (AvgIpc) is 2.84. The minimum absolute atomic E-state index is 0. The molecule has 0 aromatic heterocycles. The largest absolute Gasteiger partial charge is 3.00 e. The molecule has 1 aliphatic carbocycles. The van der Waals surface area contributed by atoms with Crippen LogP contribution in [0.2, 0.25) is 13.1 Å². The van der Waals surface area contributed by atoms with Gasteiger partial charge in [-0.25, -0.2) is 0 Å². The van der Waals surface area contributed by atoms with E-state index in [1.165, 1.54) is 33.4 Å². The van der Waals surface area contributed by atoms with Gasteiger partial charge in [-0.3, -0.25) is 0 Å². The Kier molecular flexibility index (Phi) is 10.2. The van der Waals surface area contributed by atoms with Gasteiger partial charge in [-0.15, -0.1) is 5.54 Å². The zero-order valence-corrected chi connectivity index (χ0v) is 25.8. The van der Waals surface area contributed by atoms with Crippen molar-refractivity contribution >= 4 is 8.24 Å². The van der Waals surface area contributed by atoms with Gasteiger partial charge < -0.3 is 29.8 Å². The van der Waals surface area contributed by atoms with Crippen molar-refractivity contribution in [1.29, 1.82) is 0 Å². The van der Waals surface area contributed by atoms with E-state index in [0.29, 0.717) is 5.54 Å². The summed E-state index contributed by atoms with van der Waals surface area (Å²) in [5.74, 6) is 0. The molecule has 1 radical (unpaired) electrons. The summed E-state index contributed by atoms with van der Waals surface area (Å²) in [5.41, 5.74) is 9.39. The Morgan fingerprint density at radius 1 is 0.656 bits per heavy atom. The standard InChI is InChI=1S/C27H40NSi.2ClH.Ti/c1-25(2,3)18-12-14-20-21-15-13-19(26(4,5)6)17-23(21)24(22(20)16-18)29(10,11)28-27(7,8)9;;;/h12-17,24H,1-11H3;2*1H;/q-1;;;+3/p-2. The van der Waals surface area contributed by atoms with E-state index in [1.807, 2.05) is 0 Å². The zero-order valence-electron chi connectivity index (χ0n) is 21.7. The number of halogens is 2. The molecule has 0 N–H and O–H groups in total. The molecule has 5 heteroatoms. The normalized spacial score (nSPS) is 14.0. The van der Waals surface area contributed by atoms with Crippen molar-refractivity contribution in [2.45, 2.75) is 97.3 Å². The molecule has 2 aromatic rings. The van der Waals surface area contributed by atoms with E-state index >= 15 is 0 Å². The number of fused-ring (bicyclic) bond motifs is 3. The average molecular weight is 525 g/mol. The Morgan fingerprint density at radius 2 is 1.00 bits per heavy atom. The van der Waals surface area contributed by atoms with Gasteiger partial charge in [0.15, 0.2) is 0 Å². The van der Waals surface area contributed by atoms with Crippen LogP contribution in [0.15, 0.2) is 36.4 Å². The SMILES string of the molecule is CC(C)(C)[N-][Si](C)(C)C1c2cc(C(C)(C)C)ccc2-c2ccc(C(C)(C)C)cc21.[Cl-].[Cl-].[Ti+3]. The number of hydrogen-bond acceptors (Lipinski definition) is 0. The summed E-state index contributed by atoms with van der Waals surface area (Å²) in [6.07, 6.45) is 0. The third-order valence-electron chi connectivity index (χ3n) is 6.08. The molecular weight excluding hydrogens is 485 g/mol. The first kappa shape index (κ1) is 31.9. The van der Waals surface area contributed by atoms with E-state index in [1.54, 1.807) is 0 Å². The fourth-order valence-electron chi connectivity index (χ4n) is 4.88. The summed E-state index contributed by atoms with van der Waals surface area (Å²) in [6, 6.07) is 14.4. The van der Waals surface area contributed by atoms with Gasteiger partial charge in [-0.1, -0.05) is 112 Å². The van der Waals surface area contributed by atoms with Crippen LogP contribution in [0.5, 0.6) is 0 Å². The van der Waals surface area contributed by atoms with E-state index in [0.717, 1.165) is 0 Å². The molecule has 1 aliphatic rings. The molecule has 0 amide bonds. The molecule has 175 valence electrons. The van der Waals surface area contributed by atoms with Crippen LogP contribution in [0.25, 0.3) is 16.1 Å². The first-order chi connectivity index (χ1) is 13.0. The smallest absolute Gasteiger partial charge is 1.00 e. The minimum Gasteiger partial charge on any atom is -1.00 e. The maximum atomic E-state index is 5.44. The predicted octanol–water partition coefficient (Wildman–Crippen LogP) is 2.32. The zero-order chi connectivity index (χ0) is 22.0. The third kappa shape index (κ3) is 6.52. The van der Waals surface area contributed by atoms with Gasteiger partial charge in [0, 0.05) is 0 Å². The molecular formula is C27H40Cl2NSiTi.